The van der Waals surface area contributed by atoms with E-state index in [4.69, 9.17) is 5.26 Å². The number of thioether (sulfide) groups is 1. The Balaban J connectivity index is 3.00. The van der Waals surface area contributed by atoms with Gasteiger partial charge in [-0.3, -0.25) is 4.98 Å². The third-order valence-corrected chi connectivity index (χ3v) is 2.62. The monoisotopic (exact) mass is 190 g/mol. The summed E-state index contributed by atoms with van der Waals surface area (Å²) in [6.07, 6.45) is 3.54. The lowest BCUT2D eigenvalue weighted by atomic mass is 10.2. The Morgan fingerprint density at radius 3 is 3.15 bits per heavy atom. The van der Waals surface area contributed by atoms with Crippen molar-refractivity contribution < 1.29 is 0 Å². The first-order valence-corrected chi connectivity index (χ1v) is 4.87. The first kappa shape index (κ1) is 9.82. The normalized spacial score (nSPS) is 9.23. The molecule has 0 aliphatic carbocycles. The van der Waals surface area contributed by atoms with Crippen LogP contribution in [0, 0.1) is 18.3 Å². The van der Waals surface area contributed by atoms with E-state index in [1.54, 1.807) is 18.0 Å². The van der Waals surface area contributed by atoms with E-state index in [2.05, 4.69) is 17.6 Å². The van der Waals surface area contributed by atoms with Crippen LogP contribution in [0.25, 0.3) is 0 Å². The SMILES string of the molecule is C=CCSc1ccnc(C)c1C#N. The van der Waals surface area contributed by atoms with Crippen molar-refractivity contribution in [3.63, 3.8) is 0 Å². The Morgan fingerprint density at radius 2 is 2.54 bits per heavy atom. The summed E-state index contributed by atoms with van der Waals surface area (Å²) >= 11 is 1.61. The molecule has 0 saturated heterocycles. The number of nitrogens with zero attached hydrogens (tertiary/aromatic N) is 2. The molecule has 0 N–H and O–H groups in total. The fourth-order valence-electron chi connectivity index (χ4n) is 0.948. The summed E-state index contributed by atoms with van der Waals surface area (Å²) in [7, 11) is 0. The molecule has 1 rings (SSSR count). The van der Waals surface area contributed by atoms with Gasteiger partial charge in [-0.05, 0) is 13.0 Å². The van der Waals surface area contributed by atoms with Gasteiger partial charge in [0.2, 0.25) is 0 Å². The van der Waals surface area contributed by atoms with Crippen LogP contribution in [0.1, 0.15) is 11.3 Å². The van der Waals surface area contributed by atoms with E-state index in [0.29, 0.717) is 5.56 Å². The third-order valence-electron chi connectivity index (χ3n) is 1.57. The van der Waals surface area contributed by atoms with Crippen LogP contribution in [-0.4, -0.2) is 10.7 Å². The number of pyridine rings is 1. The van der Waals surface area contributed by atoms with Gasteiger partial charge >= 0.3 is 0 Å². The summed E-state index contributed by atoms with van der Waals surface area (Å²) in [6, 6.07) is 4.02. The molecular weight excluding hydrogens is 180 g/mol. The summed E-state index contributed by atoms with van der Waals surface area (Å²) in [5.74, 6) is 0.818. The Kier molecular flexibility index (Phi) is 3.53. The highest BCUT2D eigenvalue weighted by molar-refractivity contribution is 7.99. The molecule has 0 atom stereocenters. The topological polar surface area (TPSA) is 36.7 Å². The molecule has 2 nitrogen and oxygen atoms in total. The van der Waals surface area contributed by atoms with Crippen LogP contribution in [0.3, 0.4) is 0 Å². The van der Waals surface area contributed by atoms with E-state index in [-0.39, 0.29) is 0 Å². The smallest absolute Gasteiger partial charge is 0.102 e. The van der Waals surface area contributed by atoms with Gasteiger partial charge in [-0.15, -0.1) is 18.3 Å². The number of hydrogen-bond acceptors (Lipinski definition) is 3. The van der Waals surface area contributed by atoms with Gasteiger partial charge in [0.05, 0.1) is 11.3 Å². The minimum Gasteiger partial charge on any atom is -0.260 e. The van der Waals surface area contributed by atoms with Crippen LogP contribution in [0.2, 0.25) is 0 Å². The van der Waals surface area contributed by atoms with Crippen LogP contribution in [0.5, 0.6) is 0 Å². The second-order valence-corrected chi connectivity index (χ2v) is 3.54. The fraction of sp³-hybridized carbons (Fsp3) is 0.200. The summed E-state index contributed by atoms with van der Waals surface area (Å²) < 4.78 is 0. The summed E-state index contributed by atoms with van der Waals surface area (Å²) in [5.41, 5.74) is 1.46. The molecule has 0 radical (unpaired) electrons. The molecule has 0 unspecified atom stereocenters. The minimum atomic E-state index is 0.675. The molecule has 0 amide bonds. The maximum absolute atomic E-state index is 8.87. The molecule has 1 aromatic rings. The van der Waals surface area contributed by atoms with Crippen molar-refractivity contribution in [3.8, 4) is 6.07 Å². The van der Waals surface area contributed by atoms with Crippen molar-refractivity contribution in [2.24, 2.45) is 0 Å². The van der Waals surface area contributed by atoms with Gasteiger partial charge in [0.25, 0.3) is 0 Å². The van der Waals surface area contributed by atoms with E-state index < -0.39 is 0 Å². The number of nitriles is 1. The van der Waals surface area contributed by atoms with Gasteiger partial charge in [0.15, 0.2) is 0 Å². The number of aryl methyl sites for hydroxylation is 1. The fourth-order valence-corrected chi connectivity index (χ4v) is 1.74. The molecular formula is C10H10N2S. The van der Waals surface area contributed by atoms with Crippen LogP contribution in [0.15, 0.2) is 29.8 Å². The standard InChI is InChI=1S/C10H10N2S/c1-3-6-13-10-4-5-12-8(2)9(10)7-11/h3-5H,1,6H2,2H3. The van der Waals surface area contributed by atoms with Gasteiger partial charge < -0.3 is 0 Å². The highest BCUT2D eigenvalue weighted by Gasteiger charge is 2.04. The quantitative estimate of drug-likeness (QED) is 0.543. The largest absolute Gasteiger partial charge is 0.260 e. The zero-order valence-corrected chi connectivity index (χ0v) is 8.27. The van der Waals surface area contributed by atoms with Gasteiger partial charge in [-0.25, -0.2) is 0 Å². The van der Waals surface area contributed by atoms with Crippen LogP contribution < -0.4 is 0 Å². The van der Waals surface area contributed by atoms with E-state index in [1.807, 2.05) is 19.1 Å². The van der Waals surface area contributed by atoms with E-state index >= 15 is 0 Å². The molecule has 0 saturated carbocycles. The maximum atomic E-state index is 8.87. The van der Waals surface area contributed by atoms with Crippen molar-refractivity contribution >= 4 is 11.8 Å². The summed E-state index contributed by atoms with van der Waals surface area (Å²) in [5, 5.41) is 8.87. The summed E-state index contributed by atoms with van der Waals surface area (Å²) in [4.78, 5) is 5.04. The second kappa shape index (κ2) is 4.68. The lowest BCUT2D eigenvalue weighted by Gasteiger charge is -2.02. The minimum absolute atomic E-state index is 0.675. The molecule has 0 aliphatic rings. The molecule has 13 heavy (non-hydrogen) atoms. The van der Waals surface area contributed by atoms with Crippen LogP contribution >= 0.6 is 11.8 Å². The van der Waals surface area contributed by atoms with Gasteiger partial charge in [0.1, 0.15) is 6.07 Å². The van der Waals surface area contributed by atoms with E-state index in [9.17, 15) is 0 Å². The van der Waals surface area contributed by atoms with E-state index in [0.717, 1.165) is 16.3 Å². The molecule has 0 aliphatic heterocycles. The maximum Gasteiger partial charge on any atom is 0.102 e. The zero-order chi connectivity index (χ0) is 9.68. The molecule has 0 fully saturated rings. The average molecular weight is 190 g/mol. The molecule has 0 aromatic carbocycles. The Bertz CT molecular complexity index is 352. The first-order chi connectivity index (χ1) is 6.29. The lowest BCUT2D eigenvalue weighted by Crippen LogP contribution is -1.90. The van der Waals surface area contributed by atoms with Crippen LogP contribution in [0.4, 0.5) is 0 Å². The van der Waals surface area contributed by atoms with Gasteiger partial charge in [-0.1, -0.05) is 6.08 Å². The van der Waals surface area contributed by atoms with Crippen molar-refractivity contribution in [2.75, 3.05) is 5.75 Å². The van der Waals surface area contributed by atoms with Crippen LogP contribution in [-0.2, 0) is 0 Å². The van der Waals surface area contributed by atoms with Crippen molar-refractivity contribution in [3.05, 3.63) is 36.2 Å². The number of aromatic nitrogens is 1. The Hall–Kier alpha value is -1.27. The molecule has 1 aromatic heterocycles. The van der Waals surface area contributed by atoms with Gasteiger partial charge in [-0.2, -0.15) is 5.26 Å². The molecule has 0 spiro atoms. The number of hydrogen-bond donors (Lipinski definition) is 0. The predicted molar refractivity (Wildman–Crippen MR) is 54.6 cm³/mol. The molecule has 3 heteroatoms. The third kappa shape index (κ3) is 2.33. The molecule has 66 valence electrons. The number of rotatable bonds is 3. The van der Waals surface area contributed by atoms with Crippen molar-refractivity contribution in [1.82, 2.24) is 4.98 Å². The van der Waals surface area contributed by atoms with Crippen molar-refractivity contribution in [2.45, 2.75) is 11.8 Å². The second-order valence-electron chi connectivity index (χ2n) is 2.48. The van der Waals surface area contributed by atoms with E-state index in [1.165, 1.54) is 0 Å². The highest BCUT2D eigenvalue weighted by Crippen LogP contribution is 2.23. The predicted octanol–water partition coefficient (Wildman–Crippen LogP) is 2.54. The highest BCUT2D eigenvalue weighted by atomic mass is 32.2. The summed E-state index contributed by atoms with van der Waals surface area (Å²) in [6.45, 7) is 5.48. The zero-order valence-electron chi connectivity index (χ0n) is 7.45. The average Bonchev–Trinajstić information content (AvgIpc) is 2.15. The Morgan fingerprint density at radius 1 is 1.77 bits per heavy atom. The lowest BCUT2D eigenvalue weighted by molar-refractivity contribution is 1.13. The van der Waals surface area contributed by atoms with Crippen molar-refractivity contribution in [1.29, 1.82) is 5.26 Å². The Labute approximate surface area is 82.3 Å². The van der Waals surface area contributed by atoms with Gasteiger partial charge in [0, 0.05) is 16.8 Å². The molecule has 0 bridgehead atoms. The molecule has 1 heterocycles. The first-order valence-electron chi connectivity index (χ1n) is 3.89.